The highest BCUT2D eigenvalue weighted by molar-refractivity contribution is 5.83. The summed E-state index contributed by atoms with van der Waals surface area (Å²) in [6.07, 6.45) is 1.77. The molecule has 1 N–H and O–H groups in total. The minimum Gasteiger partial charge on any atom is -0.481 e. The Kier molecular flexibility index (Phi) is 3.16. The van der Waals surface area contributed by atoms with Gasteiger partial charge in [-0.2, -0.15) is 0 Å². The lowest BCUT2D eigenvalue weighted by Gasteiger charge is -2.22. The first kappa shape index (κ1) is 12.1. The lowest BCUT2D eigenvalue weighted by molar-refractivity contribution is -0.136. The van der Waals surface area contributed by atoms with E-state index in [4.69, 9.17) is 9.84 Å². The lowest BCUT2D eigenvalue weighted by atomic mass is 10.1. The van der Waals surface area contributed by atoms with E-state index in [1.54, 1.807) is 0 Å². The van der Waals surface area contributed by atoms with Crippen LogP contribution in [0.15, 0.2) is 18.2 Å². The van der Waals surface area contributed by atoms with Crippen molar-refractivity contribution in [2.75, 3.05) is 13.2 Å². The highest BCUT2D eigenvalue weighted by Gasteiger charge is 2.21. The van der Waals surface area contributed by atoms with Crippen molar-refractivity contribution >= 4 is 17.0 Å². The van der Waals surface area contributed by atoms with Gasteiger partial charge in [0.05, 0.1) is 18.0 Å². The molecule has 0 saturated carbocycles. The number of aromatic nitrogens is 3. The van der Waals surface area contributed by atoms with Crippen molar-refractivity contribution < 1.29 is 14.6 Å². The van der Waals surface area contributed by atoms with Crippen LogP contribution in [0.2, 0.25) is 0 Å². The van der Waals surface area contributed by atoms with Gasteiger partial charge in [-0.3, -0.25) is 4.79 Å². The number of ether oxygens (including phenoxy) is 1. The third-order valence-electron chi connectivity index (χ3n) is 3.45. The van der Waals surface area contributed by atoms with E-state index in [1.807, 2.05) is 22.9 Å². The molecule has 1 saturated heterocycles. The third-order valence-corrected chi connectivity index (χ3v) is 3.45. The van der Waals surface area contributed by atoms with E-state index >= 15 is 0 Å². The molecule has 0 radical (unpaired) electrons. The van der Waals surface area contributed by atoms with E-state index in [0.29, 0.717) is 13.2 Å². The molecule has 2 heterocycles. The Balaban J connectivity index is 2.06. The summed E-state index contributed by atoms with van der Waals surface area (Å²) in [6, 6.07) is 5.76. The van der Waals surface area contributed by atoms with Crippen LogP contribution in [0, 0.1) is 0 Å². The van der Waals surface area contributed by atoms with Gasteiger partial charge in [0.25, 0.3) is 0 Å². The fourth-order valence-corrected chi connectivity index (χ4v) is 2.55. The fourth-order valence-electron chi connectivity index (χ4n) is 2.55. The maximum atomic E-state index is 11.0. The molecule has 1 fully saturated rings. The Morgan fingerprint density at radius 1 is 1.42 bits per heavy atom. The second-order valence-corrected chi connectivity index (χ2v) is 4.73. The molecular formula is C13H15N3O3. The molecule has 100 valence electrons. The zero-order valence-electron chi connectivity index (χ0n) is 10.5. The molecule has 1 aromatic heterocycles. The first-order valence-corrected chi connectivity index (χ1v) is 6.38. The number of para-hydroxylation sites is 1. The van der Waals surface area contributed by atoms with Gasteiger partial charge in [-0.1, -0.05) is 17.3 Å². The summed E-state index contributed by atoms with van der Waals surface area (Å²) in [7, 11) is 0. The molecule has 1 aliphatic rings. The van der Waals surface area contributed by atoms with Crippen molar-refractivity contribution in [3.63, 3.8) is 0 Å². The van der Waals surface area contributed by atoms with E-state index < -0.39 is 5.97 Å². The van der Waals surface area contributed by atoms with Crippen LogP contribution >= 0.6 is 0 Å². The van der Waals surface area contributed by atoms with Crippen LogP contribution in [0.4, 0.5) is 0 Å². The summed E-state index contributed by atoms with van der Waals surface area (Å²) in [4.78, 5) is 11.0. The molecular weight excluding hydrogens is 246 g/mol. The number of hydrogen-bond acceptors (Lipinski definition) is 4. The van der Waals surface area contributed by atoms with Gasteiger partial charge in [0.1, 0.15) is 5.52 Å². The van der Waals surface area contributed by atoms with Gasteiger partial charge in [-0.15, -0.1) is 5.10 Å². The number of carboxylic acids is 1. The monoisotopic (exact) mass is 261 g/mol. The lowest BCUT2D eigenvalue weighted by Crippen LogP contribution is -2.21. The van der Waals surface area contributed by atoms with Crippen LogP contribution in [-0.2, 0) is 16.0 Å². The quantitative estimate of drug-likeness (QED) is 0.903. The normalized spacial score (nSPS) is 16.8. The molecule has 3 rings (SSSR count). The molecule has 0 spiro atoms. The molecule has 0 amide bonds. The van der Waals surface area contributed by atoms with Crippen molar-refractivity contribution in [2.24, 2.45) is 0 Å². The topological polar surface area (TPSA) is 77.2 Å². The predicted molar refractivity (Wildman–Crippen MR) is 68.0 cm³/mol. The summed E-state index contributed by atoms with van der Waals surface area (Å²) < 4.78 is 7.22. The van der Waals surface area contributed by atoms with Crippen LogP contribution in [-0.4, -0.2) is 39.3 Å². The van der Waals surface area contributed by atoms with E-state index in [2.05, 4.69) is 10.3 Å². The van der Waals surface area contributed by atoms with Crippen LogP contribution in [0.5, 0.6) is 0 Å². The minimum atomic E-state index is -0.841. The van der Waals surface area contributed by atoms with E-state index in [0.717, 1.165) is 29.4 Å². The fraction of sp³-hybridized carbons (Fsp3) is 0.462. The number of benzene rings is 1. The van der Waals surface area contributed by atoms with Gasteiger partial charge in [0.2, 0.25) is 0 Å². The average molecular weight is 261 g/mol. The van der Waals surface area contributed by atoms with E-state index in [9.17, 15) is 4.79 Å². The number of nitrogens with zero attached hydrogens (tertiary/aromatic N) is 3. The highest BCUT2D eigenvalue weighted by atomic mass is 16.5. The number of fused-ring (bicyclic) bond motifs is 1. The second kappa shape index (κ2) is 4.97. The first-order chi connectivity index (χ1) is 9.25. The molecule has 0 atom stereocenters. The molecule has 6 heteroatoms. The van der Waals surface area contributed by atoms with Crippen LogP contribution in [0.3, 0.4) is 0 Å². The largest absolute Gasteiger partial charge is 0.481 e. The molecule has 1 aliphatic heterocycles. The van der Waals surface area contributed by atoms with Gasteiger partial charge >= 0.3 is 5.97 Å². The van der Waals surface area contributed by atoms with Gasteiger partial charge in [-0.25, -0.2) is 4.68 Å². The van der Waals surface area contributed by atoms with Gasteiger partial charge in [0, 0.05) is 13.2 Å². The predicted octanol–water partition coefficient (Wildman–Crippen LogP) is 1.41. The Labute approximate surface area is 110 Å². The van der Waals surface area contributed by atoms with E-state index in [-0.39, 0.29) is 12.5 Å². The molecule has 2 aromatic rings. The molecule has 1 aromatic carbocycles. The highest BCUT2D eigenvalue weighted by Crippen LogP contribution is 2.26. The Bertz CT molecular complexity index is 602. The summed E-state index contributed by atoms with van der Waals surface area (Å²) in [5, 5.41) is 17.3. The summed E-state index contributed by atoms with van der Waals surface area (Å²) >= 11 is 0. The van der Waals surface area contributed by atoms with Gasteiger partial charge in [0.15, 0.2) is 0 Å². The Morgan fingerprint density at radius 2 is 2.21 bits per heavy atom. The second-order valence-electron chi connectivity index (χ2n) is 4.73. The number of aliphatic carboxylic acids is 1. The summed E-state index contributed by atoms with van der Waals surface area (Å²) in [5.74, 6) is -0.841. The number of carbonyl (C=O) groups is 1. The van der Waals surface area contributed by atoms with Gasteiger partial charge < -0.3 is 9.84 Å². The van der Waals surface area contributed by atoms with Gasteiger partial charge in [-0.05, 0) is 24.5 Å². The molecule has 0 unspecified atom stereocenters. The van der Waals surface area contributed by atoms with Crippen LogP contribution in [0.1, 0.15) is 24.4 Å². The maximum absolute atomic E-state index is 11.0. The number of carboxylic acid groups (broad SMARTS) is 1. The van der Waals surface area contributed by atoms with Crippen LogP contribution < -0.4 is 0 Å². The number of rotatable bonds is 3. The third kappa shape index (κ3) is 2.31. The summed E-state index contributed by atoms with van der Waals surface area (Å²) in [5.41, 5.74) is 2.36. The van der Waals surface area contributed by atoms with Crippen molar-refractivity contribution in [2.45, 2.75) is 25.3 Å². The Morgan fingerprint density at radius 3 is 2.95 bits per heavy atom. The molecule has 6 nitrogen and oxygen atoms in total. The SMILES string of the molecule is O=C(O)Cc1cccc2nnn(C3CCOCC3)c12. The maximum Gasteiger partial charge on any atom is 0.307 e. The first-order valence-electron chi connectivity index (χ1n) is 6.38. The Hall–Kier alpha value is -1.95. The molecule has 0 aliphatic carbocycles. The van der Waals surface area contributed by atoms with Crippen molar-refractivity contribution in [1.82, 2.24) is 15.0 Å². The van der Waals surface area contributed by atoms with Crippen LogP contribution in [0.25, 0.3) is 11.0 Å². The van der Waals surface area contributed by atoms with Crippen molar-refractivity contribution in [3.05, 3.63) is 23.8 Å². The zero-order chi connectivity index (χ0) is 13.2. The zero-order valence-corrected chi connectivity index (χ0v) is 10.5. The summed E-state index contributed by atoms with van der Waals surface area (Å²) in [6.45, 7) is 1.43. The van der Waals surface area contributed by atoms with E-state index in [1.165, 1.54) is 0 Å². The molecule has 19 heavy (non-hydrogen) atoms. The minimum absolute atomic E-state index is 0.00602. The standard InChI is InChI=1S/C13H15N3O3/c17-12(18)8-9-2-1-3-11-13(9)16(15-14-11)10-4-6-19-7-5-10/h1-3,10H,4-8H2,(H,17,18). The number of hydrogen-bond donors (Lipinski definition) is 1. The molecule has 0 bridgehead atoms. The van der Waals surface area contributed by atoms with Crippen molar-refractivity contribution in [3.8, 4) is 0 Å². The smallest absolute Gasteiger partial charge is 0.307 e. The van der Waals surface area contributed by atoms with Crippen molar-refractivity contribution in [1.29, 1.82) is 0 Å². The average Bonchev–Trinajstić information content (AvgIpc) is 2.84.